The Morgan fingerprint density at radius 3 is 1.94 bits per heavy atom. The van der Waals surface area contributed by atoms with Gasteiger partial charge in [-0.05, 0) is 38.0 Å². The minimum absolute atomic E-state index is 0.0147. The maximum Gasteiger partial charge on any atom is 0.243 e. The molecule has 1 amide bonds. The second kappa shape index (κ2) is 20.0. The summed E-state index contributed by atoms with van der Waals surface area (Å²) in [5.41, 5.74) is 2.33. The van der Waals surface area contributed by atoms with Crippen molar-refractivity contribution >= 4 is 16.9 Å². The number of rotatable bonds is 22. The zero-order valence-corrected chi connectivity index (χ0v) is 23.4. The Morgan fingerprint density at radius 1 is 0.806 bits per heavy atom. The smallest absolute Gasteiger partial charge is 0.243 e. The average Bonchev–Trinajstić information content (AvgIpc) is 3.24. The van der Waals surface area contributed by atoms with Crippen molar-refractivity contribution in [3.63, 3.8) is 0 Å². The first kappa shape index (κ1) is 30.1. The topological polar surface area (TPSA) is 46.9 Å². The highest BCUT2D eigenvalue weighted by molar-refractivity contribution is 5.87. The van der Waals surface area contributed by atoms with Gasteiger partial charge in [-0.3, -0.25) is 4.79 Å². The molecule has 1 aromatic carbocycles. The highest BCUT2D eigenvalue weighted by Gasteiger charge is 2.10. The molecule has 0 aliphatic rings. The first-order valence-electron chi connectivity index (χ1n) is 15.1. The van der Waals surface area contributed by atoms with Gasteiger partial charge in [0.15, 0.2) is 0 Å². The van der Waals surface area contributed by atoms with Gasteiger partial charge in [0.2, 0.25) is 5.91 Å². The van der Waals surface area contributed by atoms with Gasteiger partial charge < -0.3 is 9.88 Å². The van der Waals surface area contributed by atoms with Crippen LogP contribution in [0, 0.1) is 0 Å². The molecule has 0 unspecified atom stereocenters. The molecule has 0 spiro atoms. The van der Waals surface area contributed by atoms with Crippen LogP contribution in [0.5, 0.6) is 0 Å². The molecule has 0 fully saturated rings. The van der Waals surface area contributed by atoms with Crippen molar-refractivity contribution in [1.82, 2.24) is 14.9 Å². The predicted octanol–water partition coefficient (Wildman–Crippen LogP) is 8.92. The van der Waals surface area contributed by atoms with E-state index in [1.54, 1.807) is 12.2 Å². The average molecular weight is 496 g/mol. The maximum absolute atomic E-state index is 11.6. The summed E-state index contributed by atoms with van der Waals surface area (Å²) in [7, 11) is 0. The van der Waals surface area contributed by atoms with E-state index >= 15 is 0 Å². The van der Waals surface area contributed by atoms with Crippen LogP contribution < -0.4 is 5.32 Å². The number of aryl methyl sites for hydroxylation is 2. The number of carbonyl (C=O) groups is 1. The lowest BCUT2D eigenvalue weighted by Crippen LogP contribution is -2.22. The summed E-state index contributed by atoms with van der Waals surface area (Å²) < 4.78 is 2.41. The molecule has 1 heterocycles. The van der Waals surface area contributed by atoms with Gasteiger partial charge in [0.25, 0.3) is 0 Å². The summed E-state index contributed by atoms with van der Waals surface area (Å²) >= 11 is 0. The Morgan fingerprint density at radius 2 is 1.36 bits per heavy atom. The molecule has 0 atom stereocenters. The van der Waals surface area contributed by atoms with Crippen molar-refractivity contribution in [2.75, 3.05) is 6.54 Å². The third-order valence-corrected chi connectivity index (χ3v) is 7.16. The van der Waals surface area contributed by atoms with Gasteiger partial charge >= 0.3 is 0 Å². The van der Waals surface area contributed by atoms with Crippen LogP contribution in [0.3, 0.4) is 0 Å². The van der Waals surface area contributed by atoms with E-state index in [1.165, 1.54) is 108 Å². The van der Waals surface area contributed by atoms with Crippen LogP contribution in [-0.4, -0.2) is 22.0 Å². The van der Waals surface area contributed by atoms with Gasteiger partial charge in [0.1, 0.15) is 5.82 Å². The van der Waals surface area contributed by atoms with Gasteiger partial charge in [-0.2, -0.15) is 0 Å². The van der Waals surface area contributed by atoms with E-state index in [1.807, 2.05) is 6.92 Å². The van der Waals surface area contributed by atoms with Crippen LogP contribution in [0.15, 0.2) is 36.4 Å². The number of imidazole rings is 1. The Kier molecular flexibility index (Phi) is 16.7. The monoisotopic (exact) mass is 495 g/mol. The van der Waals surface area contributed by atoms with E-state index in [-0.39, 0.29) is 5.91 Å². The normalized spacial score (nSPS) is 11.6. The second-order valence-electron chi connectivity index (χ2n) is 10.4. The fraction of sp³-hybridized carbons (Fsp3) is 0.688. The number of nitrogens with zero attached hydrogens (tertiary/aromatic N) is 2. The molecule has 0 aliphatic carbocycles. The lowest BCUT2D eigenvalue weighted by atomic mass is 10.0. The summed E-state index contributed by atoms with van der Waals surface area (Å²) in [4.78, 5) is 16.5. The summed E-state index contributed by atoms with van der Waals surface area (Å²) in [5.74, 6) is 1.14. The lowest BCUT2D eigenvalue weighted by Gasteiger charge is -2.10. The Hall–Kier alpha value is -2.10. The van der Waals surface area contributed by atoms with Crippen LogP contribution in [0.2, 0.25) is 0 Å². The number of benzene rings is 1. The molecule has 0 bridgehead atoms. The highest BCUT2D eigenvalue weighted by Crippen LogP contribution is 2.19. The Bertz CT molecular complexity index is 854. The van der Waals surface area contributed by atoms with Crippen molar-refractivity contribution in [1.29, 1.82) is 0 Å². The zero-order chi connectivity index (χ0) is 25.7. The van der Waals surface area contributed by atoms with E-state index < -0.39 is 0 Å². The number of allylic oxidation sites excluding steroid dienone is 1. The second-order valence-corrected chi connectivity index (χ2v) is 10.4. The number of hydrogen-bond acceptors (Lipinski definition) is 2. The van der Waals surface area contributed by atoms with Crippen molar-refractivity contribution in [3.05, 3.63) is 42.2 Å². The van der Waals surface area contributed by atoms with E-state index in [2.05, 4.69) is 41.1 Å². The number of aromatic nitrogens is 2. The van der Waals surface area contributed by atoms with Gasteiger partial charge in [-0.15, -0.1) is 0 Å². The van der Waals surface area contributed by atoms with E-state index in [0.29, 0.717) is 6.54 Å². The quantitative estimate of drug-likeness (QED) is 0.131. The zero-order valence-electron chi connectivity index (χ0n) is 23.4. The molecule has 1 aromatic heterocycles. The molecule has 2 rings (SSSR count). The SMILES string of the molecule is C/C=C\C(=O)NCCCc1nc2ccccc2n1CCCCCCCCCCCCCCCCCC. The number of hydrogen-bond donors (Lipinski definition) is 1. The lowest BCUT2D eigenvalue weighted by molar-refractivity contribution is -0.116. The number of nitrogens with one attached hydrogen (secondary N) is 1. The van der Waals surface area contributed by atoms with Crippen LogP contribution in [0.1, 0.15) is 129 Å². The molecule has 0 saturated carbocycles. The Labute approximate surface area is 221 Å². The van der Waals surface area contributed by atoms with Crippen molar-refractivity contribution in [3.8, 4) is 0 Å². The molecular formula is C32H53N3O. The molecule has 202 valence electrons. The van der Waals surface area contributed by atoms with E-state index in [4.69, 9.17) is 4.98 Å². The molecule has 36 heavy (non-hydrogen) atoms. The van der Waals surface area contributed by atoms with Crippen LogP contribution in [-0.2, 0) is 17.8 Å². The molecule has 1 N–H and O–H groups in total. The number of amides is 1. The number of carbonyl (C=O) groups excluding carboxylic acids is 1. The summed E-state index contributed by atoms with van der Waals surface area (Å²) in [6.45, 7) is 5.88. The molecule has 4 nitrogen and oxygen atoms in total. The van der Waals surface area contributed by atoms with Crippen LogP contribution >= 0.6 is 0 Å². The number of fused-ring (bicyclic) bond motifs is 1. The van der Waals surface area contributed by atoms with Gasteiger partial charge in [0.05, 0.1) is 11.0 Å². The van der Waals surface area contributed by atoms with Gasteiger partial charge in [-0.1, -0.05) is 121 Å². The molecule has 2 aromatic rings. The first-order valence-corrected chi connectivity index (χ1v) is 15.1. The molecule has 0 radical (unpaired) electrons. The summed E-state index contributed by atoms with van der Waals surface area (Å²) in [6.07, 6.45) is 27.5. The summed E-state index contributed by atoms with van der Waals surface area (Å²) in [6, 6.07) is 8.47. The van der Waals surface area contributed by atoms with E-state index in [9.17, 15) is 4.79 Å². The first-order chi connectivity index (χ1) is 17.8. The highest BCUT2D eigenvalue weighted by atomic mass is 16.1. The van der Waals surface area contributed by atoms with E-state index in [0.717, 1.165) is 30.7 Å². The fourth-order valence-electron chi connectivity index (χ4n) is 5.05. The molecular weight excluding hydrogens is 442 g/mol. The third-order valence-electron chi connectivity index (χ3n) is 7.16. The minimum atomic E-state index is -0.0147. The van der Waals surface area contributed by atoms with Crippen molar-refractivity contribution < 1.29 is 4.79 Å². The van der Waals surface area contributed by atoms with Gasteiger partial charge in [0, 0.05) is 19.5 Å². The molecule has 4 heteroatoms. The number of para-hydroxylation sites is 2. The molecule has 0 aliphatic heterocycles. The maximum atomic E-state index is 11.6. The fourth-order valence-corrected chi connectivity index (χ4v) is 5.05. The van der Waals surface area contributed by atoms with Crippen molar-refractivity contribution in [2.24, 2.45) is 0 Å². The standard InChI is InChI=1S/C32H53N3O/c1-3-5-6-7-8-9-10-11-12-13-14-15-16-17-18-21-28-35-30-25-20-19-24-29(30)34-31(35)26-22-27-33-32(36)23-4-2/h4,19-20,23-25H,3,5-18,21-22,26-28H2,1-2H3,(H,33,36)/b23-4-. The Balaban J connectivity index is 1.55. The predicted molar refractivity (Wildman–Crippen MR) is 155 cm³/mol. The third kappa shape index (κ3) is 12.7. The number of unbranched alkanes of at least 4 members (excludes halogenated alkanes) is 15. The summed E-state index contributed by atoms with van der Waals surface area (Å²) in [5, 5.41) is 2.95. The molecule has 0 saturated heterocycles. The largest absolute Gasteiger partial charge is 0.353 e. The van der Waals surface area contributed by atoms with Crippen molar-refractivity contribution in [2.45, 2.75) is 136 Å². The van der Waals surface area contributed by atoms with Crippen LogP contribution in [0.4, 0.5) is 0 Å². The van der Waals surface area contributed by atoms with Gasteiger partial charge in [-0.25, -0.2) is 4.98 Å². The van der Waals surface area contributed by atoms with Crippen LogP contribution in [0.25, 0.3) is 11.0 Å². The minimum Gasteiger partial charge on any atom is -0.353 e.